The third-order valence-corrected chi connectivity index (χ3v) is 6.84. The summed E-state index contributed by atoms with van der Waals surface area (Å²) >= 11 is 6.22. The summed E-state index contributed by atoms with van der Waals surface area (Å²) in [6, 6.07) is 27.8. The Balaban J connectivity index is 1.57. The van der Waals surface area contributed by atoms with Gasteiger partial charge in [-0.3, -0.25) is 4.79 Å². The molecule has 0 saturated heterocycles. The molecule has 174 valence electrons. The zero-order chi connectivity index (χ0) is 24.0. The van der Waals surface area contributed by atoms with E-state index in [1.807, 2.05) is 60.7 Å². The second-order valence-electron chi connectivity index (χ2n) is 7.53. The fourth-order valence-corrected chi connectivity index (χ4v) is 5.05. The summed E-state index contributed by atoms with van der Waals surface area (Å²) in [4.78, 5) is 12.6. The minimum Gasteiger partial charge on any atom is -0.460 e. The molecular formula is C26H23ClNO5P. The summed E-state index contributed by atoms with van der Waals surface area (Å²) in [5.41, 5.74) is 0.838. The van der Waals surface area contributed by atoms with Gasteiger partial charge in [0.15, 0.2) is 0 Å². The molecule has 0 aliphatic heterocycles. The number of ether oxygens (including phenoxy) is 1. The number of para-hydroxylation sites is 1. The van der Waals surface area contributed by atoms with Gasteiger partial charge in [0, 0.05) is 5.39 Å². The minimum absolute atomic E-state index is 0.0888. The highest BCUT2D eigenvalue weighted by atomic mass is 35.5. The van der Waals surface area contributed by atoms with Crippen molar-refractivity contribution in [1.29, 1.82) is 0 Å². The standard InChI is InChI=1S/C26H23ClNO5P/c1-19(26(29)31-18-20-10-3-2-4-11-20)28-34(30,33-25-16-8-7-15-23(25)27)32-24-17-9-13-21-12-5-6-14-22(21)24/h2-17,19H,18H2,1H3,(H,28,30)/t19-,34?/m0/s1. The Morgan fingerprint density at radius 1 is 0.853 bits per heavy atom. The SMILES string of the molecule is C[C@H](NP(=O)(Oc1ccccc1Cl)Oc1cccc2ccccc12)C(=O)OCc1ccccc1. The number of hydrogen-bond acceptors (Lipinski definition) is 5. The van der Waals surface area contributed by atoms with E-state index >= 15 is 0 Å². The average molecular weight is 496 g/mol. The van der Waals surface area contributed by atoms with Gasteiger partial charge in [0.2, 0.25) is 0 Å². The van der Waals surface area contributed by atoms with Gasteiger partial charge in [-0.05, 0) is 36.1 Å². The molecule has 0 aliphatic carbocycles. The van der Waals surface area contributed by atoms with Crippen LogP contribution < -0.4 is 14.1 Å². The van der Waals surface area contributed by atoms with Crippen molar-refractivity contribution in [2.45, 2.75) is 19.6 Å². The molecule has 4 aromatic rings. The molecule has 0 heterocycles. The molecule has 0 saturated carbocycles. The Morgan fingerprint density at radius 2 is 1.47 bits per heavy atom. The summed E-state index contributed by atoms with van der Waals surface area (Å²) in [6.45, 7) is 1.62. The predicted molar refractivity (Wildman–Crippen MR) is 133 cm³/mol. The minimum atomic E-state index is -4.14. The maximum atomic E-state index is 13.9. The van der Waals surface area contributed by atoms with Crippen LogP contribution in [0.25, 0.3) is 10.8 Å². The van der Waals surface area contributed by atoms with Crippen molar-refractivity contribution in [1.82, 2.24) is 5.09 Å². The van der Waals surface area contributed by atoms with Gasteiger partial charge in [0.25, 0.3) is 0 Å². The van der Waals surface area contributed by atoms with Crippen molar-refractivity contribution in [3.8, 4) is 11.5 Å². The first-order valence-electron chi connectivity index (χ1n) is 10.6. The van der Waals surface area contributed by atoms with E-state index < -0.39 is 19.8 Å². The molecule has 1 N–H and O–H groups in total. The monoisotopic (exact) mass is 495 g/mol. The summed E-state index contributed by atoms with van der Waals surface area (Å²) in [6.07, 6.45) is 0. The second-order valence-corrected chi connectivity index (χ2v) is 9.56. The number of rotatable bonds is 9. The largest absolute Gasteiger partial charge is 0.513 e. The van der Waals surface area contributed by atoms with E-state index in [1.54, 1.807) is 36.4 Å². The smallest absolute Gasteiger partial charge is 0.460 e. The molecule has 0 aromatic heterocycles. The first-order chi connectivity index (χ1) is 16.4. The number of carbonyl (C=O) groups excluding carboxylic acids is 1. The molecule has 2 atom stereocenters. The summed E-state index contributed by atoms with van der Waals surface area (Å²) in [5.74, 6) is -0.107. The van der Waals surface area contributed by atoms with Gasteiger partial charge in [-0.15, -0.1) is 0 Å². The van der Waals surface area contributed by atoms with Crippen LogP contribution in [0.5, 0.6) is 11.5 Å². The van der Waals surface area contributed by atoms with Gasteiger partial charge in [-0.2, -0.15) is 5.09 Å². The van der Waals surface area contributed by atoms with E-state index in [4.69, 9.17) is 25.4 Å². The second kappa shape index (κ2) is 10.7. The highest BCUT2D eigenvalue weighted by Gasteiger charge is 2.34. The van der Waals surface area contributed by atoms with Gasteiger partial charge < -0.3 is 13.8 Å². The molecule has 0 amide bonds. The van der Waals surface area contributed by atoms with Crippen LogP contribution >= 0.6 is 19.3 Å². The quantitative estimate of drug-likeness (QED) is 0.204. The van der Waals surface area contributed by atoms with Crippen LogP contribution in [0.1, 0.15) is 12.5 Å². The van der Waals surface area contributed by atoms with E-state index in [0.29, 0.717) is 5.75 Å². The Labute approximate surface area is 203 Å². The number of benzene rings is 4. The maximum absolute atomic E-state index is 13.9. The van der Waals surface area contributed by atoms with Crippen LogP contribution in [0.2, 0.25) is 5.02 Å². The van der Waals surface area contributed by atoms with Crippen molar-refractivity contribution < 1.29 is 23.1 Å². The molecule has 0 aliphatic rings. The van der Waals surface area contributed by atoms with Crippen LogP contribution in [0, 0.1) is 0 Å². The van der Waals surface area contributed by atoms with Gasteiger partial charge in [0.05, 0.1) is 5.02 Å². The van der Waals surface area contributed by atoms with Crippen molar-refractivity contribution in [2.75, 3.05) is 0 Å². The number of esters is 1. The molecule has 1 unspecified atom stereocenters. The van der Waals surface area contributed by atoms with Gasteiger partial charge in [-0.25, -0.2) is 4.57 Å². The van der Waals surface area contributed by atoms with Gasteiger partial charge in [0.1, 0.15) is 24.1 Å². The normalized spacial score (nSPS) is 13.6. The number of halogens is 1. The Morgan fingerprint density at radius 3 is 2.26 bits per heavy atom. The Hall–Kier alpha value is -3.31. The van der Waals surface area contributed by atoms with Crippen LogP contribution in [-0.2, 0) is 20.7 Å². The number of fused-ring (bicyclic) bond motifs is 1. The molecule has 4 rings (SSSR count). The van der Waals surface area contributed by atoms with Gasteiger partial charge >= 0.3 is 13.7 Å². The number of nitrogens with one attached hydrogen (secondary N) is 1. The topological polar surface area (TPSA) is 73.9 Å². The molecule has 6 nitrogen and oxygen atoms in total. The van der Waals surface area contributed by atoms with E-state index in [-0.39, 0.29) is 17.4 Å². The Kier molecular flexibility index (Phi) is 7.53. The highest BCUT2D eigenvalue weighted by Crippen LogP contribution is 2.48. The third-order valence-electron chi connectivity index (χ3n) is 4.95. The number of carbonyl (C=O) groups is 1. The van der Waals surface area contributed by atoms with E-state index in [0.717, 1.165) is 16.3 Å². The van der Waals surface area contributed by atoms with E-state index in [9.17, 15) is 9.36 Å². The molecule has 0 bridgehead atoms. The molecule has 8 heteroatoms. The van der Waals surface area contributed by atoms with Crippen molar-refractivity contribution in [3.05, 3.63) is 108 Å². The lowest BCUT2D eigenvalue weighted by Crippen LogP contribution is -2.35. The third kappa shape index (κ3) is 5.97. The lowest BCUT2D eigenvalue weighted by atomic mass is 10.1. The zero-order valence-electron chi connectivity index (χ0n) is 18.4. The molecular weight excluding hydrogens is 473 g/mol. The number of hydrogen-bond donors (Lipinski definition) is 1. The zero-order valence-corrected chi connectivity index (χ0v) is 20.0. The summed E-state index contributed by atoms with van der Waals surface area (Å²) in [5, 5.41) is 4.60. The lowest BCUT2D eigenvalue weighted by Gasteiger charge is -2.24. The van der Waals surface area contributed by atoms with Crippen molar-refractivity contribution in [3.63, 3.8) is 0 Å². The van der Waals surface area contributed by atoms with Crippen LogP contribution in [-0.4, -0.2) is 12.0 Å². The highest BCUT2D eigenvalue weighted by molar-refractivity contribution is 7.52. The average Bonchev–Trinajstić information content (AvgIpc) is 2.85. The first kappa shape index (κ1) is 23.8. The molecule has 34 heavy (non-hydrogen) atoms. The Bertz CT molecular complexity index is 1330. The van der Waals surface area contributed by atoms with Crippen LogP contribution in [0.3, 0.4) is 0 Å². The molecule has 0 spiro atoms. The predicted octanol–water partition coefficient (Wildman–Crippen LogP) is 6.78. The molecule has 4 aromatic carbocycles. The van der Waals surface area contributed by atoms with Crippen molar-refractivity contribution >= 4 is 36.1 Å². The maximum Gasteiger partial charge on any atom is 0.513 e. The van der Waals surface area contributed by atoms with E-state index in [1.165, 1.54) is 6.92 Å². The van der Waals surface area contributed by atoms with Gasteiger partial charge in [-0.1, -0.05) is 90.5 Å². The van der Waals surface area contributed by atoms with E-state index in [2.05, 4.69) is 5.09 Å². The summed E-state index contributed by atoms with van der Waals surface area (Å²) in [7, 11) is -4.14. The molecule has 0 fully saturated rings. The van der Waals surface area contributed by atoms with Crippen LogP contribution in [0.15, 0.2) is 97.1 Å². The lowest BCUT2D eigenvalue weighted by molar-refractivity contribution is -0.146. The summed E-state index contributed by atoms with van der Waals surface area (Å²) < 4.78 is 31.0. The van der Waals surface area contributed by atoms with Crippen LogP contribution in [0.4, 0.5) is 0 Å². The molecule has 0 radical (unpaired) electrons. The first-order valence-corrected chi connectivity index (χ1v) is 12.6. The van der Waals surface area contributed by atoms with Crippen molar-refractivity contribution in [2.24, 2.45) is 0 Å². The fraction of sp³-hybridized carbons (Fsp3) is 0.115. The fourth-order valence-electron chi connectivity index (χ4n) is 3.27.